The second kappa shape index (κ2) is 2.53. The molecule has 9 heavy (non-hydrogen) atoms. The lowest BCUT2D eigenvalue weighted by atomic mass is 10.0. The van der Waals surface area contributed by atoms with Crippen molar-refractivity contribution < 1.29 is 0 Å². The van der Waals surface area contributed by atoms with Gasteiger partial charge in [0.1, 0.15) is 0 Å². The maximum Gasteiger partial charge on any atom is 0.00753 e. The second-order valence-corrected chi connectivity index (χ2v) is 4.59. The fourth-order valence-corrected chi connectivity index (χ4v) is 3.65. The molecule has 2 unspecified atom stereocenters. The SMILES string of the molecule is C1CSC2CCCC2C1. The van der Waals surface area contributed by atoms with Gasteiger partial charge in [0.2, 0.25) is 0 Å². The Labute approximate surface area is 61.4 Å². The third-order valence-electron chi connectivity index (χ3n) is 2.64. The molecule has 0 N–H and O–H groups in total. The molecular weight excluding hydrogens is 128 g/mol. The molecule has 2 fully saturated rings. The first-order chi connectivity index (χ1) is 4.47. The highest BCUT2D eigenvalue weighted by molar-refractivity contribution is 7.99. The van der Waals surface area contributed by atoms with Gasteiger partial charge in [0.15, 0.2) is 0 Å². The van der Waals surface area contributed by atoms with Gasteiger partial charge in [-0.2, -0.15) is 11.8 Å². The van der Waals surface area contributed by atoms with E-state index in [2.05, 4.69) is 11.8 Å². The third kappa shape index (κ3) is 1.12. The Morgan fingerprint density at radius 1 is 1.00 bits per heavy atom. The normalized spacial score (nSPS) is 42.7. The van der Waals surface area contributed by atoms with Crippen molar-refractivity contribution in [3.05, 3.63) is 0 Å². The van der Waals surface area contributed by atoms with Crippen LogP contribution in [0.3, 0.4) is 0 Å². The molecule has 2 rings (SSSR count). The number of fused-ring (bicyclic) bond motifs is 1. The molecule has 0 aromatic heterocycles. The highest BCUT2D eigenvalue weighted by Crippen LogP contribution is 2.41. The molecule has 1 saturated carbocycles. The Kier molecular flexibility index (Phi) is 1.71. The van der Waals surface area contributed by atoms with Crippen molar-refractivity contribution >= 4 is 11.8 Å². The van der Waals surface area contributed by atoms with E-state index in [-0.39, 0.29) is 0 Å². The van der Waals surface area contributed by atoms with Crippen molar-refractivity contribution in [1.29, 1.82) is 0 Å². The average Bonchev–Trinajstić information content (AvgIpc) is 2.33. The van der Waals surface area contributed by atoms with E-state index in [4.69, 9.17) is 0 Å². The quantitative estimate of drug-likeness (QED) is 0.501. The largest absolute Gasteiger partial charge is 0.158 e. The predicted octanol–water partition coefficient (Wildman–Crippen LogP) is 2.68. The smallest absolute Gasteiger partial charge is 0.00753 e. The number of thioether (sulfide) groups is 1. The molecule has 0 aromatic rings. The summed E-state index contributed by atoms with van der Waals surface area (Å²) in [7, 11) is 0. The molecule has 2 atom stereocenters. The molecule has 0 radical (unpaired) electrons. The Morgan fingerprint density at radius 2 is 1.89 bits per heavy atom. The Bertz CT molecular complexity index is 88.7. The summed E-state index contributed by atoms with van der Waals surface area (Å²) in [4.78, 5) is 0. The predicted molar refractivity (Wildman–Crippen MR) is 42.8 cm³/mol. The van der Waals surface area contributed by atoms with E-state index >= 15 is 0 Å². The summed E-state index contributed by atoms with van der Waals surface area (Å²) < 4.78 is 0. The van der Waals surface area contributed by atoms with Gasteiger partial charge >= 0.3 is 0 Å². The molecule has 0 aromatic carbocycles. The van der Waals surface area contributed by atoms with Gasteiger partial charge in [-0.3, -0.25) is 0 Å². The maximum atomic E-state index is 2.23. The highest BCUT2D eigenvalue weighted by atomic mass is 32.2. The number of rotatable bonds is 0. The van der Waals surface area contributed by atoms with Gasteiger partial charge in [0.05, 0.1) is 0 Å². The summed E-state index contributed by atoms with van der Waals surface area (Å²) in [6.07, 6.45) is 7.61. The minimum absolute atomic E-state index is 1.08. The monoisotopic (exact) mass is 142 g/mol. The van der Waals surface area contributed by atoms with Crippen molar-refractivity contribution in [2.24, 2.45) is 5.92 Å². The summed E-state index contributed by atoms with van der Waals surface area (Å²) >= 11 is 2.23. The summed E-state index contributed by atoms with van der Waals surface area (Å²) in [6.45, 7) is 0. The zero-order valence-electron chi connectivity index (χ0n) is 5.81. The zero-order chi connectivity index (χ0) is 6.10. The van der Waals surface area contributed by atoms with E-state index in [1.54, 1.807) is 0 Å². The van der Waals surface area contributed by atoms with Crippen LogP contribution in [-0.2, 0) is 0 Å². The zero-order valence-corrected chi connectivity index (χ0v) is 6.62. The van der Waals surface area contributed by atoms with Crippen molar-refractivity contribution in [3.63, 3.8) is 0 Å². The lowest BCUT2D eigenvalue weighted by Gasteiger charge is -2.23. The van der Waals surface area contributed by atoms with Gasteiger partial charge in [-0.25, -0.2) is 0 Å². The van der Waals surface area contributed by atoms with Crippen LogP contribution in [0.1, 0.15) is 32.1 Å². The summed E-state index contributed by atoms with van der Waals surface area (Å²) in [5.41, 5.74) is 0. The standard InChI is InChI=1S/C8H14S/c1-3-7-4-2-6-9-8(7)5-1/h7-8H,1-6H2. The van der Waals surface area contributed by atoms with Crippen molar-refractivity contribution in [2.75, 3.05) is 5.75 Å². The molecule has 0 bridgehead atoms. The molecule has 0 nitrogen and oxygen atoms in total. The van der Waals surface area contributed by atoms with E-state index < -0.39 is 0 Å². The molecule has 0 spiro atoms. The Morgan fingerprint density at radius 3 is 2.78 bits per heavy atom. The van der Waals surface area contributed by atoms with Crippen LogP contribution in [0, 0.1) is 5.92 Å². The fraction of sp³-hybridized carbons (Fsp3) is 1.00. The van der Waals surface area contributed by atoms with Crippen LogP contribution in [0.25, 0.3) is 0 Å². The molecular formula is C8H14S. The van der Waals surface area contributed by atoms with Crippen LogP contribution >= 0.6 is 11.8 Å². The first-order valence-electron chi connectivity index (χ1n) is 4.08. The van der Waals surface area contributed by atoms with Gasteiger partial charge in [-0.1, -0.05) is 6.42 Å². The van der Waals surface area contributed by atoms with Gasteiger partial charge in [-0.05, 0) is 37.4 Å². The van der Waals surface area contributed by atoms with Crippen LogP contribution in [0.2, 0.25) is 0 Å². The first kappa shape index (κ1) is 6.09. The van der Waals surface area contributed by atoms with Gasteiger partial charge in [0.25, 0.3) is 0 Å². The Hall–Kier alpha value is 0.350. The van der Waals surface area contributed by atoms with E-state index in [0.717, 1.165) is 11.2 Å². The van der Waals surface area contributed by atoms with Crippen LogP contribution in [0.4, 0.5) is 0 Å². The highest BCUT2D eigenvalue weighted by Gasteiger charge is 2.29. The molecule has 2 aliphatic rings. The lowest BCUT2D eigenvalue weighted by molar-refractivity contribution is 0.494. The van der Waals surface area contributed by atoms with Crippen molar-refractivity contribution in [3.8, 4) is 0 Å². The molecule has 1 heterocycles. The van der Waals surface area contributed by atoms with E-state index in [0.29, 0.717) is 0 Å². The maximum absolute atomic E-state index is 2.23. The second-order valence-electron chi connectivity index (χ2n) is 3.24. The van der Waals surface area contributed by atoms with E-state index in [9.17, 15) is 0 Å². The first-order valence-corrected chi connectivity index (χ1v) is 5.13. The van der Waals surface area contributed by atoms with Gasteiger partial charge < -0.3 is 0 Å². The van der Waals surface area contributed by atoms with Crippen LogP contribution < -0.4 is 0 Å². The van der Waals surface area contributed by atoms with E-state index in [1.807, 2.05) is 0 Å². The molecule has 1 aliphatic carbocycles. The van der Waals surface area contributed by atoms with Crippen LogP contribution in [-0.4, -0.2) is 11.0 Å². The topological polar surface area (TPSA) is 0 Å². The minimum Gasteiger partial charge on any atom is -0.158 e. The van der Waals surface area contributed by atoms with Gasteiger partial charge in [-0.15, -0.1) is 0 Å². The van der Waals surface area contributed by atoms with Crippen molar-refractivity contribution in [2.45, 2.75) is 37.4 Å². The Balaban J connectivity index is 1.97. The number of hydrogen-bond acceptors (Lipinski definition) is 1. The molecule has 1 saturated heterocycles. The van der Waals surface area contributed by atoms with Crippen LogP contribution in [0.5, 0.6) is 0 Å². The van der Waals surface area contributed by atoms with Gasteiger partial charge in [0, 0.05) is 5.25 Å². The molecule has 52 valence electrons. The number of hydrogen-bond donors (Lipinski definition) is 0. The molecule has 1 aliphatic heterocycles. The summed E-state index contributed by atoms with van der Waals surface area (Å²) in [5.74, 6) is 2.57. The third-order valence-corrected chi connectivity index (χ3v) is 4.21. The van der Waals surface area contributed by atoms with Crippen molar-refractivity contribution in [1.82, 2.24) is 0 Å². The van der Waals surface area contributed by atoms with E-state index in [1.165, 1.54) is 37.9 Å². The summed E-state index contributed by atoms with van der Waals surface area (Å²) in [5, 5.41) is 1.08. The molecule has 0 amide bonds. The summed E-state index contributed by atoms with van der Waals surface area (Å²) in [6, 6.07) is 0. The fourth-order valence-electron chi connectivity index (χ4n) is 2.13. The minimum atomic E-state index is 1.08. The van der Waals surface area contributed by atoms with Crippen LogP contribution in [0.15, 0.2) is 0 Å². The average molecular weight is 142 g/mol. The molecule has 1 heteroatoms. The lowest BCUT2D eigenvalue weighted by Crippen LogP contribution is -2.15.